The number of anilines is 1. The summed E-state index contributed by atoms with van der Waals surface area (Å²) in [4.78, 5) is 14.8. The molecular weight excluding hydrogens is 236 g/mol. The molecule has 0 heterocycles. The molecular formula is C16H24N2O. The fraction of sp³-hybridized carbons (Fsp3) is 0.562. The lowest BCUT2D eigenvalue weighted by atomic mass is 10.1. The number of nitrogens with zero attached hydrogens (tertiary/aromatic N) is 1. The minimum atomic E-state index is 0.169. The molecule has 104 valence electrons. The van der Waals surface area contributed by atoms with Crippen molar-refractivity contribution in [1.82, 2.24) is 4.90 Å². The average Bonchev–Trinajstić information content (AvgIpc) is 2.93. The first-order chi connectivity index (χ1) is 9.17. The number of carbonyl (C=O) groups excluding carboxylic acids is 1. The lowest BCUT2D eigenvalue weighted by molar-refractivity contribution is 0.0694. The smallest absolute Gasteiger partial charge is 0.256 e. The van der Waals surface area contributed by atoms with Crippen LogP contribution in [0.15, 0.2) is 18.2 Å². The van der Waals surface area contributed by atoms with Gasteiger partial charge in [0.05, 0.1) is 5.56 Å². The molecule has 0 aromatic heterocycles. The van der Waals surface area contributed by atoms with E-state index < -0.39 is 0 Å². The largest absolute Gasteiger partial charge is 0.387 e. The summed E-state index contributed by atoms with van der Waals surface area (Å²) in [5.74, 6) is 0.169. The summed E-state index contributed by atoms with van der Waals surface area (Å²) in [7, 11) is 1.87. The molecule has 0 atom stereocenters. The fourth-order valence-electron chi connectivity index (χ4n) is 2.99. The van der Waals surface area contributed by atoms with Crippen LogP contribution in [-0.2, 0) is 0 Å². The van der Waals surface area contributed by atoms with E-state index in [1.54, 1.807) is 0 Å². The van der Waals surface area contributed by atoms with Gasteiger partial charge in [0.1, 0.15) is 0 Å². The Bertz CT molecular complexity index is 450. The van der Waals surface area contributed by atoms with Gasteiger partial charge in [-0.05, 0) is 38.8 Å². The van der Waals surface area contributed by atoms with E-state index in [4.69, 9.17) is 0 Å². The molecule has 1 fully saturated rings. The Balaban J connectivity index is 2.28. The van der Waals surface area contributed by atoms with Crippen LogP contribution in [0.25, 0.3) is 0 Å². The number of nitrogens with one attached hydrogen (secondary N) is 1. The minimum absolute atomic E-state index is 0.169. The molecule has 2 rings (SSSR count). The molecule has 1 amide bonds. The third-order valence-corrected chi connectivity index (χ3v) is 4.04. The maximum Gasteiger partial charge on any atom is 0.256 e. The molecule has 3 nitrogen and oxygen atoms in total. The number of aryl methyl sites for hydroxylation is 1. The molecule has 3 heteroatoms. The van der Waals surface area contributed by atoms with Crippen LogP contribution in [0.5, 0.6) is 0 Å². The number of benzene rings is 1. The van der Waals surface area contributed by atoms with E-state index in [1.807, 2.05) is 37.1 Å². The third-order valence-electron chi connectivity index (χ3n) is 4.04. The molecule has 1 aliphatic carbocycles. The normalized spacial score (nSPS) is 15.5. The Morgan fingerprint density at radius 3 is 2.63 bits per heavy atom. The summed E-state index contributed by atoms with van der Waals surface area (Å²) in [6.45, 7) is 4.90. The maximum absolute atomic E-state index is 12.8. The lowest BCUT2D eigenvalue weighted by Crippen LogP contribution is -2.38. The van der Waals surface area contributed by atoms with Gasteiger partial charge in [-0.1, -0.05) is 24.5 Å². The van der Waals surface area contributed by atoms with Crippen molar-refractivity contribution in [3.8, 4) is 0 Å². The number of hydrogen-bond acceptors (Lipinski definition) is 2. The van der Waals surface area contributed by atoms with Crippen LogP contribution < -0.4 is 5.32 Å². The van der Waals surface area contributed by atoms with Gasteiger partial charge in [0.15, 0.2) is 0 Å². The first kappa shape index (κ1) is 13.9. The average molecular weight is 260 g/mol. The summed E-state index contributed by atoms with van der Waals surface area (Å²) in [5.41, 5.74) is 2.85. The van der Waals surface area contributed by atoms with Gasteiger partial charge in [-0.15, -0.1) is 0 Å². The summed E-state index contributed by atoms with van der Waals surface area (Å²) in [6, 6.07) is 6.45. The van der Waals surface area contributed by atoms with Crippen LogP contribution in [0, 0.1) is 6.92 Å². The molecule has 1 aromatic rings. The van der Waals surface area contributed by atoms with E-state index in [9.17, 15) is 4.79 Å². The molecule has 0 radical (unpaired) electrons. The van der Waals surface area contributed by atoms with Crippen LogP contribution in [0.2, 0.25) is 0 Å². The van der Waals surface area contributed by atoms with Crippen molar-refractivity contribution in [2.75, 3.05) is 18.9 Å². The van der Waals surface area contributed by atoms with Crippen molar-refractivity contribution in [3.63, 3.8) is 0 Å². The van der Waals surface area contributed by atoms with Crippen LogP contribution >= 0.6 is 0 Å². The standard InChI is InChI=1S/C16H24N2O/c1-4-18(13-7-5-6-8-13)16(19)14-11-12(2)9-10-15(14)17-3/h9-11,13,17H,4-8H2,1-3H3. The molecule has 0 spiro atoms. The van der Waals surface area contributed by atoms with Gasteiger partial charge >= 0.3 is 0 Å². The lowest BCUT2D eigenvalue weighted by Gasteiger charge is -2.28. The zero-order valence-electron chi connectivity index (χ0n) is 12.2. The summed E-state index contributed by atoms with van der Waals surface area (Å²) in [6.07, 6.45) is 4.81. The van der Waals surface area contributed by atoms with Gasteiger partial charge in [0.25, 0.3) is 5.91 Å². The molecule has 19 heavy (non-hydrogen) atoms. The molecule has 0 unspecified atom stereocenters. The highest BCUT2D eigenvalue weighted by molar-refractivity contribution is 6.00. The highest BCUT2D eigenvalue weighted by Gasteiger charge is 2.27. The highest BCUT2D eigenvalue weighted by Crippen LogP contribution is 2.27. The summed E-state index contributed by atoms with van der Waals surface area (Å²) < 4.78 is 0. The second-order valence-electron chi connectivity index (χ2n) is 5.33. The van der Waals surface area contributed by atoms with Crippen molar-refractivity contribution in [2.24, 2.45) is 0 Å². The summed E-state index contributed by atoms with van der Waals surface area (Å²) >= 11 is 0. The van der Waals surface area contributed by atoms with Crippen molar-refractivity contribution in [2.45, 2.75) is 45.6 Å². The Morgan fingerprint density at radius 2 is 2.05 bits per heavy atom. The molecule has 1 aromatic carbocycles. The van der Waals surface area contributed by atoms with E-state index in [2.05, 4.69) is 12.2 Å². The predicted octanol–water partition coefficient (Wildman–Crippen LogP) is 3.44. The van der Waals surface area contributed by atoms with Gasteiger partial charge in [-0.25, -0.2) is 0 Å². The third kappa shape index (κ3) is 2.91. The van der Waals surface area contributed by atoms with Gasteiger partial charge in [0.2, 0.25) is 0 Å². The van der Waals surface area contributed by atoms with Crippen molar-refractivity contribution in [1.29, 1.82) is 0 Å². The van der Waals surface area contributed by atoms with Crippen molar-refractivity contribution >= 4 is 11.6 Å². The van der Waals surface area contributed by atoms with Gasteiger partial charge in [0, 0.05) is 25.3 Å². The first-order valence-electron chi connectivity index (χ1n) is 7.26. The molecule has 1 N–H and O–H groups in total. The number of amides is 1. The highest BCUT2D eigenvalue weighted by atomic mass is 16.2. The molecule has 1 saturated carbocycles. The van der Waals surface area contributed by atoms with Crippen LogP contribution in [0.4, 0.5) is 5.69 Å². The molecule has 1 aliphatic rings. The van der Waals surface area contributed by atoms with Crippen LogP contribution in [0.1, 0.15) is 48.5 Å². The predicted molar refractivity (Wildman–Crippen MR) is 79.7 cm³/mol. The van der Waals surface area contributed by atoms with Gasteiger partial charge < -0.3 is 10.2 Å². The molecule has 0 saturated heterocycles. The van der Waals surface area contributed by atoms with E-state index in [0.29, 0.717) is 6.04 Å². The number of hydrogen-bond donors (Lipinski definition) is 1. The maximum atomic E-state index is 12.8. The number of carbonyl (C=O) groups is 1. The van der Waals surface area contributed by atoms with Gasteiger partial charge in [-0.3, -0.25) is 4.79 Å². The van der Waals surface area contributed by atoms with E-state index in [0.717, 1.165) is 36.2 Å². The Hall–Kier alpha value is -1.51. The van der Waals surface area contributed by atoms with E-state index in [-0.39, 0.29) is 5.91 Å². The van der Waals surface area contributed by atoms with Gasteiger partial charge in [-0.2, -0.15) is 0 Å². The quantitative estimate of drug-likeness (QED) is 0.899. The van der Waals surface area contributed by atoms with Crippen LogP contribution in [0.3, 0.4) is 0 Å². The second kappa shape index (κ2) is 6.09. The van der Waals surface area contributed by atoms with Crippen molar-refractivity contribution < 1.29 is 4.79 Å². The second-order valence-corrected chi connectivity index (χ2v) is 5.33. The summed E-state index contributed by atoms with van der Waals surface area (Å²) in [5, 5.41) is 3.13. The molecule has 0 aliphatic heterocycles. The first-order valence-corrected chi connectivity index (χ1v) is 7.26. The Kier molecular flexibility index (Phi) is 4.46. The number of rotatable bonds is 4. The SMILES string of the molecule is CCN(C(=O)c1cc(C)ccc1NC)C1CCCC1. The van der Waals surface area contributed by atoms with E-state index >= 15 is 0 Å². The van der Waals surface area contributed by atoms with E-state index in [1.165, 1.54) is 12.8 Å². The Labute approximate surface area is 116 Å². The fourth-order valence-corrected chi connectivity index (χ4v) is 2.99. The van der Waals surface area contributed by atoms with Crippen molar-refractivity contribution in [3.05, 3.63) is 29.3 Å². The molecule has 0 bridgehead atoms. The zero-order chi connectivity index (χ0) is 13.8. The topological polar surface area (TPSA) is 32.3 Å². The monoisotopic (exact) mass is 260 g/mol. The Morgan fingerprint density at radius 1 is 1.37 bits per heavy atom. The van der Waals surface area contributed by atoms with Crippen LogP contribution in [-0.4, -0.2) is 30.4 Å². The zero-order valence-corrected chi connectivity index (χ0v) is 12.2. The minimum Gasteiger partial charge on any atom is -0.387 e.